The number of pyridine rings is 1. The fourth-order valence-corrected chi connectivity index (χ4v) is 3.06. The Labute approximate surface area is 121 Å². The topological polar surface area (TPSA) is 59.3 Å². The summed E-state index contributed by atoms with van der Waals surface area (Å²) in [7, 11) is 0. The van der Waals surface area contributed by atoms with Gasteiger partial charge in [-0.1, -0.05) is 13.8 Å². The van der Waals surface area contributed by atoms with Crippen molar-refractivity contribution in [2.45, 2.75) is 33.1 Å². The highest BCUT2D eigenvalue weighted by atomic mass is 79.9. The SMILES string of the molecule is CCC1(CC)CCN(c2ncc(Br)cc2[N+](=O)[O-])C1. The summed E-state index contributed by atoms with van der Waals surface area (Å²) in [5.41, 5.74) is 0.361. The van der Waals surface area contributed by atoms with Crippen molar-refractivity contribution < 1.29 is 4.92 Å². The number of anilines is 1. The number of nitro groups is 1. The first kappa shape index (κ1) is 14.2. The molecule has 19 heavy (non-hydrogen) atoms. The standard InChI is InChI=1S/C13H18BrN3O2/c1-3-13(4-2)5-6-16(9-13)12-11(17(18)19)7-10(14)8-15-12/h7-8H,3-6,9H2,1-2H3. The molecule has 0 radical (unpaired) electrons. The molecule has 2 rings (SSSR count). The van der Waals surface area contributed by atoms with Crippen LogP contribution in [0.5, 0.6) is 0 Å². The molecule has 6 heteroatoms. The molecule has 0 saturated carbocycles. The molecule has 0 atom stereocenters. The lowest BCUT2D eigenvalue weighted by molar-refractivity contribution is -0.384. The molecule has 0 spiro atoms. The molecule has 1 fully saturated rings. The summed E-state index contributed by atoms with van der Waals surface area (Å²) in [4.78, 5) is 17.1. The number of rotatable bonds is 4. The molecule has 1 saturated heterocycles. The molecule has 0 aliphatic carbocycles. The van der Waals surface area contributed by atoms with Crippen molar-refractivity contribution >= 4 is 27.4 Å². The molecule has 0 unspecified atom stereocenters. The molecule has 2 heterocycles. The van der Waals surface area contributed by atoms with Gasteiger partial charge < -0.3 is 4.90 Å². The first-order valence-electron chi connectivity index (χ1n) is 6.56. The highest BCUT2D eigenvalue weighted by Gasteiger charge is 2.37. The molecule has 1 aromatic rings. The van der Waals surface area contributed by atoms with Crippen LogP contribution < -0.4 is 4.90 Å². The molecular formula is C13H18BrN3O2. The zero-order valence-corrected chi connectivity index (χ0v) is 12.8. The smallest absolute Gasteiger partial charge is 0.312 e. The van der Waals surface area contributed by atoms with E-state index in [1.165, 1.54) is 6.07 Å². The molecular weight excluding hydrogens is 310 g/mol. The van der Waals surface area contributed by atoms with E-state index in [1.54, 1.807) is 6.20 Å². The van der Waals surface area contributed by atoms with Crippen LogP contribution in [-0.4, -0.2) is 23.0 Å². The van der Waals surface area contributed by atoms with Crippen LogP contribution in [0.2, 0.25) is 0 Å². The van der Waals surface area contributed by atoms with E-state index in [4.69, 9.17) is 0 Å². The minimum absolute atomic E-state index is 0.0809. The van der Waals surface area contributed by atoms with Gasteiger partial charge in [0.25, 0.3) is 0 Å². The van der Waals surface area contributed by atoms with E-state index in [9.17, 15) is 10.1 Å². The zero-order valence-electron chi connectivity index (χ0n) is 11.2. The largest absolute Gasteiger partial charge is 0.350 e. The van der Waals surface area contributed by atoms with Gasteiger partial charge in [0.1, 0.15) is 0 Å². The van der Waals surface area contributed by atoms with Crippen LogP contribution in [0, 0.1) is 15.5 Å². The zero-order chi connectivity index (χ0) is 14.0. The molecule has 0 bridgehead atoms. The Kier molecular flexibility index (Phi) is 4.08. The van der Waals surface area contributed by atoms with Gasteiger partial charge in [-0.3, -0.25) is 10.1 Å². The van der Waals surface area contributed by atoms with E-state index < -0.39 is 0 Å². The first-order chi connectivity index (χ1) is 9.01. The van der Waals surface area contributed by atoms with Gasteiger partial charge in [0.2, 0.25) is 5.82 Å². The van der Waals surface area contributed by atoms with Crippen molar-refractivity contribution in [2.24, 2.45) is 5.41 Å². The van der Waals surface area contributed by atoms with Gasteiger partial charge in [-0.05, 0) is 40.6 Å². The van der Waals surface area contributed by atoms with E-state index in [0.717, 1.165) is 32.4 Å². The Hall–Kier alpha value is -1.17. The maximum absolute atomic E-state index is 11.1. The summed E-state index contributed by atoms with van der Waals surface area (Å²) < 4.78 is 0.638. The highest BCUT2D eigenvalue weighted by molar-refractivity contribution is 9.10. The van der Waals surface area contributed by atoms with Crippen molar-refractivity contribution in [3.8, 4) is 0 Å². The quantitative estimate of drug-likeness (QED) is 0.623. The Morgan fingerprint density at radius 2 is 2.21 bits per heavy atom. The molecule has 0 N–H and O–H groups in total. The maximum Gasteiger partial charge on any atom is 0.312 e. The Balaban J connectivity index is 2.31. The van der Waals surface area contributed by atoms with E-state index in [0.29, 0.717) is 10.3 Å². The van der Waals surface area contributed by atoms with Crippen molar-refractivity contribution in [1.29, 1.82) is 0 Å². The minimum atomic E-state index is -0.356. The van der Waals surface area contributed by atoms with Crippen molar-refractivity contribution in [3.05, 3.63) is 26.9 Å². The Bertz CT molecular complexity index is 489. The second-order valence-corrected chi connectivity index (χ2v) is 6.05. The summed E-state index contributed by atoms with van der Waals surface area (Å²) in [5, 5.41) is 11.1. The summed E-state index contributed by atoms with van der Waals surface area (Å²) >= 11 is 3.24. The molecule has 1 aromatic heterocycles. The minimum Gasteiger partial charge on any atom is -0.350 e. The third kappa shape index (κ3) is 2.73. The predicted octanol–water partition coefficient (Wildman–Crippen LogP) is 3.77. The average Bonchev–Trinajstić information content (AvgIpc) is 2.83. The van der Waals surface area contributed by atoms with Crippen LogP contribution in [0.4, 0.5) is 11.5 Å². The predicted molar refractivity (Wildman–Crippen MR) is 78.4 cm³/mol. The van der Waals surface area contributed by atoms with Crippen molar-refractivity contribution in [2.75, 3.05) is 18.0 Å². The van der Waals surface area contributed by atoms with E-state index in [1.807, 2.05) is 0 Å². The van der Waals surface area contributed by atoms with Gasteiger partial charge in [0.15, 0.2) is 0 Å². The highest BCUT2D eigenvalue weighted by Crippen LogP contribution is 2.41. The maximum atomic E-state index is 11.1. The normalized spacial score (nSPS) is 17.7. The monoisotopic (exact) mass is 327 g/mol. The lowest BCUT2D eigenvalue weighted by Crippen LogP contribution is -2.27. The number of hydrogen-bond donors (Lipinski definition) is 0. The summed E-state index contributed by atoms with van der Waals surface area (Å²) in [5.74, 6) is 0.497. The van der Waals surface area contributed by atoms with Crippen LogP contribution in [0.25, 0.3) is 0 Å². The summed E-state index contributed by atoms with van der Waals surface area (Å²) in [6, 6.07) is 1.53. The summed E-state index contributed by atoms with van der Waals surface area (Å²) in [6.07, 6.45) is 4.91. The van der Waals surface area contributed by atoms with Crippen LogP contribution in [0.15, 0.2) is 16.7 Å². The van der Waals surface area contributed by atoms with Crippen LogP contribution >= 0.6 is 15.9 Å². The second kappa shape index (κ2) is 5.45. The molecule has 104 valence electrons. The van der Waals surface area contributed by atoms with E-state index >= 15 is 0 Å². The number of halogens is 1. The third-order valence-electron chi connectivity index (χ3n) is 4.25. The molecule has 1 aliphatic rings. The van der Waals surface area contributed by atoms with Gasteiger partial charge in [-0.15, -0.1) is 0 Å². The molecule has 0 amide bonds. The summed E-state index contributed by atoms with van der Waals surface area (Å²) in [6.45, 7) is 6.08. The fraction of sp³-hybridized carbons (Fsp3) is 0.615. The lowest BCUT2D eigenvalue weighted by Gasteiger charge is -2.26. The van der Waals surface area contributed by atoms with Crippen LogP contribution in [-0.2, 0) is 0 Å². The Morgan fingerprint density at radius 3 is 2.74 bits per heavy atom. The van der Waals surface area contributed by atoms with Crippen LogP contribution in [0.1, 0.15) is 33.1 Å². The van der Waals surface area contributed by atoms with Gasteiger partial charge in [0, 0.05) is 29.8 Å². The lowest BCUT2D eigenvalue weighted by atomic mass is 9.82. The number of nitrogens with zero attached hydrogens (tertiary/aromatic N) is 3. The van der Waals surface area contributed by atoms with Gasteiger partial charge in [-0.2, -0.15) is 0 Å². The van der Waals surface area contributed by atoms with Crippen molar-refractivity contribution in [1.82, 2.24) is 4.98 Å². The number of hydrogen-bond acceptors (Lipinski definition) is 4. The average molecular weight is 328 g/mol. The van der Waals surface area contributed by atoms with Gasteiger partial charge >= 0.3 is 5.69 Å². The van der Waals surface area contributed by atoms with E-state index in [2.05, 4.69) is 39.7 Å². The molecule has 1 aliphatic heterocycles. The number of aromatic nitrogens is 1. The van der Waals surface area contributed by atoms with Crippen LogP contribution in [0.3, 0.4) is 0 Å². The third-order valence-corrected chi connectivity index (χ3v) is 4.68. The second-order valence-electron chi connectivity index (χ2n) is 5.13. The Morgan fingerprint density at radius 1 is 1.53 bits per heavy atom. The molecule has 5 nitrogen and oxygen atoms in total. The van der Waals surface area contributed by atoms with Gasteiger partial charge in [0.05, 0.1) is 4.92 Å². The van der Waals surface area contributed by atoms with Gasteiger partial charge in [-0.25, -0.2) is 4.98 Å². The van der Waals surface area contributed by atoms with E-state index in [-0.39, 0.29) is 16.0 Å². The first-order valence-corrected chi connectivity index (χ1v) is 7.35. The molecule has 0 aromatic carbocycles. The van der Waals surface area contributed by atoms with Crippen molar-refractivity contribution in [3.63, 3.8) is 0 Å². The fourth-order valence-electron chi connectivity index (χ4n) is 2.74.